The average molecular weight is 282 g/mol. The van der Waals surface area contributed by atoms with Crippen molar-refractivity contribution in [3.05, 3.63) is 47.4 Å². The first-order chi connectivity index (χ1) is 10.2. The Labute approximate surface area is 125 Å². The van der Waals surface area contributed by atoms with Gasteiger partial charge in [0, 0.05) is 16.9 Å². The Kier molecular flexibility index (Phi) is 4.04. The number of aromatic nitrogens is 2. The maximum absolute atomic E-state index is 5.87. The van der Waals surface area contributed by atoms with Crippen molar-refractivity contribution in [3.8, 4) is 0 Å². The predicted molar refractivity (Wildman–Crippen MR) is 86.2 cm³/mol. The number of nitrogens with one attached hydrogen (secondary N) is 1. The van der Waals surface area contributed by atoms with E-state index in [0.29, 0.717) is 0 Å². The van der Waals surface area contributed by atoms with Crippen molar-refractivity contribution >= 4 is 11.5 Å². The van der Waals surface area contributed by atoms with Gasteiger partial charge in [0.1, 0.15) is 12.1 Å². The number of anilines is 2. The van der Waals surface area contributed by atoms with Crippen LogP contribution in [0.4, 0.5) is 11.5 Å². The number of benzene rings is 1. The van der Waals surface area contributed by atoms with E-state index in [1.807, 2.05) is 18.2 Å². The zero-order valence-electron chi connectivity index (χ0n) is 12.5. The smallest absolute Gasteiger partial charge is 0.133 e. The molecule has 0 amide bonds. The van der Waals surface area contributed by atoms with Gasteiger partial charge < -0.3 is 11.1 Å². The fourth-order valence-corrected chi connectivity index (χ4v) is 2.94. The molecule has 1 aliphatic carbocycles. The number of nitrogens with two attached hydrogens (primary N) is 1. The summed E-state index contributed by atoms with van der Waals surface area (Å²) in [6.45, 7) is 2.14. The molecule has 0 saturated heterocycles. The Morgan fingerprint density at radius 3 is 2.86 bits per heavy atom. The number of aryl methyl sites for hydroxylation is 1. The molecule has 0 fully saturated rings. The minimum Gasteiger partial charge on any atom is -0.399 e. The first-order valence-electron chi connectivity index (χ1n) is 7.69. The van der Waals surface area contributed by atoms with Crippen LogP contribution in [-0.4, -0.2) is 9.97 Å². The highest BCUT2D eigenvalue weighted by molar-refractivity contribution is 5.50. The summed E-state index contributed by atoms with van der Waals surface area (Å²) in [7, 11) is 0. The molecule has 3 N–H and O–H groups in total. The van der Waals surface area contributed by atoms with Gasteiger partial charge in [-0.3, -0.25) is 0 Å². The van der Waals surface area contributed by atoms with Crippen LogP contribution in [0.2, 0.25) is 0 Å². The van der Waals surface area contributed by atoms with Crippen molar-refractivity contribution in [2.45, 2.75) is 45.1 Å². The van der Waals surface area contributed by atoms with Crippen LogP contribution in [-0.2, 0) is 12.8 Å². The summed E-state index contributed by atoms with van der Waals surface area (Å²) in [6.07, 6.45) is 7.55. The maximum atomic E-state index is 5.87. The van der Waals surface area contributed by atoms with Gasteiger partial charge in [0.05, 0.1) is 6.04 Å². The maximum Gasteiger partial charge on any atom is 0.133 e. The molecule has 1 unspecified atom stereocenters. The Morgan fingerprint density at radius 1 is 1.14 bits per heavy atom. The van der Waals surface area contributed by atoms with Crippen LogP contribution in [0.25, 0.3) is 0 Å². The molecule has 0 aliphatic heterocycles. The molecule has 0 bridgehead atoms. The molecule has 1 atom stereocenters. The molecule has 0 saturated carbocycles. The number of nitrogen functional groups attached to an aromatic ring is 1. The van der Waals surface area contributed by atoms with Gasteiger partial charge in [0.15, 0.2) is 0 Å². The average Bonchev–Trinajstić information content (AvgIpc) is 2.73. The highest BCUT2D eigenvalue weighted by Gasteiger charge is 2.16. The van der Waals surface area contributed by atoms with E-state index >= 15 is 0 Å². The van der Waals surface area contributed by atoms with E-state index in [1.165, 1.54) is 36.1 Å². The van der Waals surface area contributed by atoms with Gasteiger partial charge in [0.2, 0.25) is 0 Å². The van der Waals surface area contributed by atoms with Crippen molar-refractivity contribution in [2.75, 3.05) is 11.1 Å². The summed E-state index contributed by atoms with van der Waals surface area (Å²) in [4.78, 5) is 8.93. The lowest BCUT2D eigenvalue weighted by Crippen LogP contribution is -2.12. The van der Waals surface area contributed by atoms with Crippen LogP contribution in [0.15, 0.2) is 30.6 Å². The summed E-state index contributed by atoms with van der Waals surface area (Å²) in [5.41, 5.74) is 10.3. The lowest BCUT2D eigenvalue weighted by Gasteiger charge is -2.18. The molecule has 1 aromatic carbocycles. The molecule has 0 radical (unpaired) electrons. The Balaban J connectivity index is 1.84. The lowest BCUT2D eigenvalue weighted by atomic mass is 10.1. The lowest BCUT2D eigenvalue weighted by molar-refractivity contribution is 0.708. The molecule has 1 heterocycles. The van der Waals surface area contributed by atoms with Crippen LogP contribution < -0.4 is 11.1 Å². The molecule has 21 heavy (non-hydrogen) atoms. The van der Waals surface area contributed by atoms with Crippen LogP contribution in [0, 0.1) is 0 Å². The number of fused-ring (bicyclic) bond motifs is 1. The second-order valence-electron chi connectivity index (χ2n) is 5.74. The molecule has 4 heteroatoms. The van der Waals surface area contributed by atoms with E-state index in [1.54, 1.807) is 6.33 Å². The van der Waals surface area contributed by atoms with Crippen molar-refractivity contribution in [1.82, 2.24) is 9.97 Å². The second kappa shape index (κ2) is 6.12. The van der Waals surface area contributed by atoms with Crippen LogP contribution in [0.1, 0.15) is 49.0 Å². The predicted octanol–water partition coefficient (Wildman–Crippen LogP) is 3.50. The summed E-state index contributed by atoms with van der Waals surface area (Å²) in [5, 5.41) is 3.53. The Morgan fingerprint density at radius 2 is 2.00 bits per heavy atom. The quantitative estimate of drug-likeness (QED) is 0.668. The molecule has 1 aliphatic rings. The first kappa shape index (κ1) is 13.9. The summed E-state index contributed by atoms with van der Waals surface area (Å²) in [6, 6.07) is 8.18. The van der Waals surface area contributed by atoms with E-state index in [0.717, 1.165) is 24.3 Å². The first-order valence-corrected chi connectivity index (χ1v) is 7.69. The largest absolute Gasteiger partial charge is 0.399 e. The minimum absolute atomic E-state index is 0.177. The minimum atomic E-state index is 0.177. The SMILES string of the molecule is CC(Nc1ncnc2c1CCCCC2)c1cccc(N)c1. The van der Waals surface area contributed by atoms with E-state index in [4.69, 9.17) is 5.73 Å². The van der Waals surface area contributed by atoms with Gasteiger partial charge in [-0.2, -0.15) is 0 Å². The van der Waals surface area contributed by atoms with Gasteiger partial charge in [-0.15, -0.1) is 0 Å². The topological polar surface area (TPSA) is 63.8 Å². The molecule has 3 rings (SSSR count). The van der Waals surface area contributed by atoms with Crippen LogP contribution >= 0.6 is 0 Å². The number of hydrogen-bond acceptors (Lipinski definition) is 4. The van der Waals surface area contributed by atoms with E-state index in [2.05, 4.69) is 28.3 Å². The highest BCUT2D eigenvalue weighted by Crippen LogP contribution is 2.27. The number of nitrogens with zero attached hydrogens (tertiary/aromatic N) is 2. The van der Waals surface area contributed by atoms with Crippen molar-refractivity contribution in [2.24, 2.45) is 0 Å². The summed E-state index contributed by atoms with van der Waals surface area (Å²) < 4.78 is 0. The Bertz CT molecular complexity index is 624. The van der Waals surface area contributed by atoms with Gasteiger partial charge >= 0.3 is 0 Å². The molecule has 0 spiro atoms. The number of rotatable bonds is 3. The zero-order chi connectivity index (χ0) is 14.7. The molecule has 4 nitrogen and oxygen atoms in total. The standard InChI is InChI=1S/C17H22N4/c1-12(13-6-5-7-14(18)10-13)21-17-15-8-3-2-4-9-16(15)19-11-20-17/h5-7,10-12H,2-4,8-9,18H2,1H3,(H,19,20,21). The summed E-state index contributed by atoms with van der Waals surface area (Å²) >= 11 is 0. The molecule has 110 valence electrons. The van der Waals surface area contributed by atoms with Crippen molar-refractivity contribution in [3.63, 3.8) is 0 Å². The highest BCUT2D eigenvalue weighted by atomic mass is 15.0. The third kappa shape index (κ3) is 3.15. The van der Waals surface area contributed by atoms with Gasteiger partial charge in [-0.25, -0.2) is 9.97 Å². The fraction of sp³-hybridized carbons (Fsp3) is 0.412. The molecular formula is C17H22N4. The number of hydrogen-bond donors (Lipinski definition) is 2. The molecular weight excluding hydrogens is 260 g/mol. The molecule has 1 aromatic heterocycles. The second-order valence-corrected chi connectivity index (χ2v) is 5.74. The van der Waals surface area contributed by atoms with Gasteiger partial charge in [0.25, 0.3) is 0 Å². The van der Waals surface area contributed by atoms with Gasteiger partial charge in [-0.1, -0.05) is 18.6 Å². The van der Waals surface area contributed by atoms with Crippen molar-refractivity contribution < 1.29 is 0 Å². The van der Waals surface area contributed by atoms with E-state index < -0.39 is 0 Å². The molecule has 2 aromatic rings. The van der Waals surface area contributed by atoms with E-state index in [9.17, 15) is 0 Å². The van der Waals surface area contributed by atoms with Crippen LogP contribution in [0.3, 0.4) is 0 Å². The summed E-state index contributed by atoms with van der Waals surface area (Å²) in [5.74, 6) is 0.983. The van der Waals surface area contributed by atoms with E-state index in [-0.39, 0.29) is 6.04 Å². The Hall–Kier alpha value is -2.10. The monoisotopic (exact) mass is 282 g/mol. The van der Waals surface area contributed by atoms with Gasteiger partial charge in [-0.05, 0) is 50.3 Å². The normalized spacial score (nSPS) is 15.9. The third-order valence-electron chi connectivity index (χ3n) is 4.14. The van der Waals surface area contributed by atoms with Crippen LogP contribution in [0.5, 0.6) is 0 Å². The van der Waals surface area contributed by atoms with Crippen molar-refractivity contribution in [1.29, 1.82) is 0 Å². The zero-order valence-corrected chi connectivity index (χ0v) is 12.5. The third-order valence-corrected chi connectivity index (χ3v) is 4.14. The fourth-order valence-electron chi connectivity index (χ4n) is 2.94.